The van der Waals surface area contributed by atoms with Gasteiger partial charge in [-0.1, -0.05) is 11.6 Å². The monoisotopic (exact) mass is 433 g/mol. The number of hydrogen-bond donors (Lipinski definition) is 4. The fourth-order valence-electron chi connectivity index (χ4n) is 3.90. The van der Waals surface area contributed by atoms with Crippen molar-refractivity contribution in [2.75, 3.05) is 14.1 Å². The summed E-state index contributed by atoms with van der Waals surface area (Å²) in [6.45, 7) is 0. The van der Waals surface area contributed by atoms with Gasteiger partial charge in [0.2, 0.25) is 0 Å². The molecule has 1 saturated carbocycles. The topological polar surface area (TPSA) is 97.4 Å². The Morgan fingerprint density at radius 1 is 1.33 bits per heavy atom. The fraction of sp³-hybridized carbons (Fsp3) is 0.450. The largest absolute Gasteiger partial charge is 0.367 e. The second-order valence-electron chi connectivity index (χ2n) is 7.89. The Hall–Kier alpha value is -2.81. The second-order valence-corrected chi connectivity index (χ2v) is 8.33. The van der Waals surface area contributed by atoms with Crippen molar-refractivity contribution in [2.24, 2.45) is 4.99 Å². The molecule has 2 aromatic heterocycles. The molecule has 3 heterocycles. The standard InChI is InChI=1S/C20H25ClFN7O/c1-29(2)20(30)27-13-5-3-4-12(7-13)26-19-16(22)10-25-18(28-19)15-9-24-17-14(15)6-11(21)8-23-17/h6,8-10,12-13,18,26,28H,3-5,7H2,1-2H3,(H,23,24)(H,27,30). The number of hydrogen-bond acceptors (Lipinski definition) is 5. The van der Waals surface area contributed by atoms with Crippen LogP contribution in [0.4, 0.5) is 9.18 Å². The molecule has 2 aromatic rings. The van der Waals surface area contributed by atoms with E-state index in [0.717, 1.165) is 36.6 Å². The van der Waals surface area contributed by atoms with Crippen LogP contribution in [0.5, 0.6) is 0 Å². The number of aromatic nitrogens is 2. The first-order valence-electron chi connectivity index (χ1n) is 9.97. The van der Waals surface area contributed by atoms with E-state index in [1.165, 1.54) is 11.1 Å². The Morgan fingerprint density at radius 2 is 2.13 bits per heavy atom. The minimum Gasteiger partial charge on any atom is -0.367 e. The van der Waals surface area contributed by atoms with Crippen molar-refractivity contribution in [3.63, 3.8) is 0 Å². The van der Waals surface area contributed by atoms with Crippen LogP contribution in [0.2, 0.25) is 5.02 Å². The summed E-state index contributed by atoms with van der Waals surface area (Å²) < 4.78 is 14.5. The van der Waals surface area contributed by atoms with Crippen LogP contribution in [0, 0.1) is 0 Å². The van der Waals surface area contributed by atoms with Gasteiger partial charge in [-0.25, -0.2) is 14.2 Å². The molecule has 160 valence electrons. The zero-order chi connectivity index (χ0) is 21.3. The molecule has 3 atom stereocenters. The molecule has 1 fully saturated rings. The lowest BCUT2D eigenvalue weighted by Gasteiger charge is -2.33. The normalized spacial score (nSPS) is 23.9. The maximum Gasteiger partial charge on any atom is 0.317 e. The van der Waals surface area contributed by atoms with Crippen LogP contribution in [0.15, 0.2) is 35.1 Å². The molecule has 30 heavy (non-hydrogen) atoms. The van der Waals surface area contributed by atoms with E-state index in [0.29, 0.717) is 16.5 Å². The maximum absolute atomic E-state index is 14.5. The molecule has 4 N–H and O–H groups in total. The van der Waals surface area contributed by atoms with Crippen molar-refractivity contribution in [3.05, 3.63) is 40.7 Å². The van der Waals surface area contributed by atoms with E-state index in [1.54, 1.807) is 26.5 Å². The van der Waals surface area contributed by atoms with Crippen LogP contribution in [-0.2, 0) is 0 Å². The Balaban J connectivity index is 1.45. The second kappa shape index (κ2) is 8.51. The highest BCUT2D eigenvalue weighted by atomic mass is 35.5. The van der Waals surface area contributed by atoms with Crippen LogP contribution in [0.25, 0.3) is 11.0 Å². The number of fused-ring (bicyclic) bond motifs is 1. The molecule has 1 aliphatic heterocycles. The van der Waals surface area contributed by atoms with Crippen LogP contribution in [-0.4, -0.2) is 53.3 Å². The zero-order valence-electron chi connectivity index (χ0n) is 16.9. The minimum absolute atomic E-state index is 0.0469. The van der Waals surface area contributed by atoms with Gasteiger partial charge in [0.05, 0.1) is 11.2 Å². The lowest BCUT2D eigenvalue weighted by Crippen LogP contribution is -2.48. The number of amides is 2. The number of carbonyl (C=O) groups excluding carboxylic acids is 1. The summed E-state index contributed by atoms with van der Waals surface area (Å²) in [6, 6.07) is 1.81. The summed E-state index contributed by atoms with van der Waals surface area (Å²) in [5.41, 5.74) is 1.53. The van der Waals surface area contributed by atoms with Gasteiger partial charge in [0.15, 0.2) is 5.83 Å². The third kappa shape index (κ3) is 4.35. The Labute approximate surface area is 179 Å². The summed E-state index contributed by atoms with van der Waals surface area (Å²) in [7, 11) is 3.43. The van der Waals surface area contributed by atoms with Gasteiger partial charge < -0.3 is 25.8 Å². The Morgan fingerprint density at radius 3 is 2.93 bits per heavy atom. The number of pyridine rings is 1. The number of allylic oxidation sites excluding steroid dienone is 1. The number of aliphatic imine (C=N–C) groups is 1. The first-order valence-corrected chi connectivity index (χ1v) is 10.3. The molecular formula is C20H25ClFN7O. The quantitative estimate of drug-likeness (QED) is 0.595. The molecule has 1 aliphatic carbocycles. The van der Waals surface area contributed by atoms with Gasteiger partial charge in [-0.15, -0.1) is 0 Å². The van der Waals surface area contributed by atoms with Gasteiger partial charge >= 0.3 is 6.03 Å². The van der Waals surface area contributed by atoms with E-state index < -0.39 is 12.0 Å². The smallest absolute Gasteiger partial charge is 0.317 e. The molecule has 8 nitrogen and oxygen atoms in total. The number of H-pyrrole nitrogens is 1. The van der Waals surface area contributed by atoms with E-state index in [-0.39, 0.29) is 18.1 Å². The molecule has 0 bridgehead atoms. The lowest BCUT2D eigenvalue weighted by atomic mass is 9.91. The van der Waals surface area contributed by atoms with Crippen LogP contribution < -0.4 is 16.0 Å². The number of rotatable bonds is 4. The van der Waals surface area contributed by atoms with Crippen molar-refractivity contribution in [1.82, 2.24) is 30.8 Å². The third-order valence-electron chi connectivity index (χ3n) is 5.44. The highest BCUT2D eigenvalue weighted by Gasteiger charge is 2.27. The van der Waals surface area contributed by atoms with Gasteiger partial charge in [-0.05, 0) is 31.7 Å². The Bertz CT molecular complexity index is 1000. The van der Waals surface area contributed by atoms with Gasteiger partial charge in [-0.3, -0.25) is 4.99 Å². The molecule has 2 amide bonds. The number of aromatic amines is 1. The highest BCUT2D eigenvalue weighted by Crippen LogP contribution is 2.29. The third-order valence-corrected chi connectivity index (χ3v) is 5.64. The molecule has 0 aromatic carbocycles. The van der Waals surface area contributed by atoms with E-state index in [2.05, 4.69) is 30.9 Å². The van der Waals surface area contributed by atoms with E-state index in [1.807, 2.05) is 6.07 Å². The molecule has 4 rings (SSSR count). The van der Waals surface area contributed by atoms with Crippen LogP contribution in [0.1, 0.15) is 37.4 Å². The average molecular weight is 434 g/mol. The lowest BCUT2D eigenvalue weighted by molar-refractivity contribution is 0.206. The Kier molecular flexibility index (Phi) is 5.80. The maximum atomic E-state index is 14.5. The molecule has 0 radical (unpaired) electrons. The number of carbonyl (C=O) groups is 1. The van der Waals surface area contributed by atoms with Crippen molar-refractivity contribution in [3.8, 4) is 0 Å². The number of nitrogens with zero attached hydrogens (tertiary/aromatic N) is 3. The molecule has 10 heteroatoms. The molecule has 2 aliphatic rings. The predicted octanol–water partition coefficient (Wildman–Crippen LogP) is 3.20. The summed E-state index contributed by atoms with van der Waals surface area (Å²) in [6.07, 6.45) is 7.64. The van der Waals surface area contributed by atoms with E-state index in [9.17, 15) is 9.18 Å². The molecule has 0 saturated heterocycles. The summed E-state index contributed by atoms with van der Waals surface area (Å²) >= 11 is 6.09. The minimum atomic E-state index is -0.464. The summed E-state index contributed by atoms with van der Waals surface area (Å²) in [4.78, 5) is 25.1. The van der Waals surface area contributed by atoms with Gasteiger partial charge in [-0.2, -0.15) is 0 Å². The first kappa shape index (κ1) is 20.5. The SMILES string of the molecule is CN(C)C(=O)NC1CCCC(NC2=C(F)C=NC(c3c[nH]c4ncc(Cl)cc34)N2)C1. The summed E-state index contributed by atoms with van der Waals surface area (Å²) in [5.74, 6) is -0.134. The van der Waals surface area contributed by atoms with E-state index in [4.69, 9.17) is 11.6 Å². The van der Waals surface area contributed by atoms with Crippen molar-refractivity contribution >= 4 is 34.9 Å². The average Bonchev–Trinajstić information content (AvgIpc) is 3.13. The predicted molar refractivity (Wildman–Crippen MR) is 115 cm³/mol. The van der Waals surface area contributed by atoms with Gasteiger partial charge in [0.25, 0.3) is 0 Å². The molecular weight excluding hydrogens is 409 g/mol. The number of halogens is 2. The fourth-order valence-corrected chi connectivity index (χ4v) is 4.06. The highest BCUT2D eigenvalue weighted by molar-refractivity contribution is 6.31. The zero-order valence-corrected chi connectivity index (χ0v) is 17.6. The van der Waals surface area contributed by atoms with Crippen molar-refractivity contribution < 1.29 is 9.18 Å². The summed E-state index contributed by atoms with van der Waals surface area (Å²) in [5, 5.41) is 10.8. The van der Waals surface area contributed by atoms with Crippen molar-refractivity contribution in [2.45, 2.75) is 43.9 Å². The number of urea groups is 1. The number of nitrogens with one attached hydrogen (secondary N) is 4. The molecule has 3 unspecified atom stereocenters. The van der Waals surface area contributed by atoms with Crippen molar-refractivity contribution in [1.29, 1.82) is 0 Å². The van der Waals surface area contributed by atoms with Crippen LogP contribution >= 0.6 is 11.6 Å². The van der Waals surface area contributed by atoms with E-state index >= 15 is 0 Å². The first-order chi connectivity index (χ1) is 14.4. The van der Waals surface area contributed by atoms with Gasteiger partial charge in [0, 0.05) is 49.5 Å². The molecule has 0 spiro atoms. The van der Waals surface area contributed by atoms with Crippen LogP contribution in [0.3, 0.4) is 0 Å². The van der Waals surface area contributed by atoms with Gasteiger partial charge in [0.1, 0.15) is 17.6 Å².